The minimum Gasteiger partial charge on any atom is -0.357 e. The van der Waals surface area contributed by atoms with Gasteiger partial charge in [-0.2, -0.15) is 0 Å². The van der Waals surface area contributed by atoms with Crippen LogP contribution in [-0.4, -0.2) is 61.4 Å². The van der Waals surface area contributed by atoms with Crippen molar-refractivity contribution in [1.29, 1.82) is 0 Å². The van der Waals surface area contributed by atoms with Crippen LogP contribution in [0, 0.1) is 11.8 Å². The number of rotatable bonds is 7. The lowest BCUT2D eigenvalue weighted by atomic mass is 9.83. The Morgan fingerprint density at radius 3 is 2.71 bits per heavy atom. The van der Waals surface area contributed by atoms with Crippen LogP contribution in [0.5, 0.6) is 0 Å². The average Bonchev–Trinajstić information content (AvgIpc) is 2.97. The number of carbonyl (C=O) groups excluding carboxylic acids is 1. The van der Waals surface area contributed by atoms with Crippen LogP contribution in [0.1, 0.15) is 58.8 Å². The molecule has 0 bridgehead atoms. The van der Waals surface area contributed by atoms with Gasteiger partial charge in [-0.05, 0) is 44.4 Å². The smallest absolute Gasteiger partial charge is 0.222 e. The van der Waals surface area contributed by atoms with Crippen LogP contribution in [0.3, 0.4) is 0 Å². The zero-order valence-corrected chi connectivity index (χ0v) is 15.9. The lowest BCUT2D eigenvalue weighted by Crippen LogP contribution is -2.42. The van der Waals surface area contributed by atoms with E-state index in [-0.39, 0.29) is 0 Å². The van der Waals surface area contributed by atoms with Crippen molar-refractivity contribution in [3.05, 3.63) is 0 Å². The number of nitrogens with zero attached hydrogens (tertiary/aromatic N) is 3. The molecule has 0 aromatic rings. The van der Waals surface area contributed by atoms with Gasteiger partial charge in [-0.1, -0.05) is 19.8 Å². The molecule has 0 aromatic heterocycles. The van der Waals surface area contributed by atoms with Crippen LogP contribution in [0.4, 0.5) is 0 Å². The number of hydrogen-bond donors (Lipinski definition) is 1. The van der Waals surface area contributed by atoms with Crippen molar-refractivity contribution in [2.75, 3.05) is 39.8 Å². The number of guanidine groups is 1. The van der Waals surface area contributed by atoms with Gasteiger partial charge >= 0.3 is 0 Å². The molecular weight excluding hydrogens is 300 g/mol. The van der Waals surface area contributed by atoms with E-state index >= 15 is 0 Å². The third-order valence-corrected chi connectivity index (χ3v) is 5.38. The number of carbonyl (C=O) groups is 1. The Balaban J connectivity index is 1.75. The van der Waals surface area contributed by atoms with Crippen molar-refractivity contribution in [1.82, 2.24) is 15.1 Å². The molecule has 2 rings (SSSR count). The summed E-state index contributed by atoms with van der Waals surface area (Å²) >= 11 is 0. The summed E-state index contributed by atoms with van der Waals surface area (Å²) in [7, 11) is 2.16. The summed E-state index contributed by atoms with van der Waals surface area (Å²) in [5.41, 5.74) is 0. The molecule has 1 N–H and O–H groups in total. The quantitative estimate of drug-likeness (QED) is 0.442. The predicted octanol–water partition coefficient (Wildman–Crippen LogP) is 2.72. The van der Waals surface area contributed by atoms with Crippen LogP contribution < -0.4 is 5.32 Å². The second-order valence-corrected chi connectivity index (χ2v) is 7.58. The first-order chi connectivity index (χ1) is 11.6. The van der Waals surface area contributed by atoms with Gasteiger partial charge < -0.3 is 15.1 Å². The zero-order valence-electron chi connectivity index (χ0n) is 15.9. The van der Waals surface area contributed by atoms with Crippen molar-refractivity contribution >= 4 is 11.9 Å². The normalized spacial score (nSPS) is 25.2. The van der Waals surface area contributed by atoms with Crippen LogP contribution in [-0.2, 0) is 4.79 Å². The van der Waals surface area contributed by atoms with Crippen molar-refractivity contribution in [2.24, 2.45) is 16.8 Å². The van der Waals surface area contributed by atoms with Gasteiger partial charge in [0, 0.05) is 46.2 Å². The van der Waals surface area contributed by atoms with Gasteiger partial charge in [0.05, 0.1) is 0 Å². The molecule has 1 heterocycles. The van der Waals surface area contributed by atoms with Crippen LogP contribution in [0.25, 0.3) is 0 Å². The third kappa shape index (κ3) is 5.99. The van der Waals surface area contributed by atoms with Gasteiger partial charge in [-0.3, -0.25) is 9.79 Å². The summed E-state index contributed by atoms with van der Waals surface area (Å²) in [4.78, 5) is 20.7. The number of amides is 1. The summed E-state index contributed by atoms with van der Waals surface area (Å²) in [5.74, 6) is 3.04. The molecule has 0 radical (unpaired) electrons. The van der Waals surface area contributed by atoms with Crippen LogP contribution in [0.15, 0.2) is 4.99 Å². The molecule has 0 atom stereocenters. The molecule has 24 heavy (non-hydrogen) atoms. The molecule has 1 saturated carbocycles. The molecule has 0 spiro atoms. The van der Waals surface area contributed by atoms with E-state index in [1.165, 1.54) is 25.7 Å². The predicted molar refractivity (Wildman–Crippen MR) is 100 cm³/mol. The van der Waals surface area contributed by atoms with Crippen LogP contribution >= 0.6 is 0 Å². The van der Waals surface area contributed by atoms with Gasteiger partial charge in [0.15, 0.2) is 5.96 Å². The number of aliphatic imine (C=N–C) groups is 1. The van der Waals surface area contributed by atoms with Gasteiger partial charge in [-0.15, -0.1) is 0 Å². The molecule has 2 fully saturated rings. The first kappa shape index (κ1) is 19.1. The molecule has 1 saturated heterocycles. The lowest BCUT2D eigenvalue weighted by molar-refractivity contribution is -0.127. The molecule has 1 aliphatic carbocycles. The van der Waals surface area contributed by atoms with E-state index in [1.807, 2.05) is 4.90 Å². The number of hydrogen-bond acceptors (Lipinski definition) is 2. The topological polar surface area (TPSA) is 47.9 Å². The highest BCUT2D eigenvalue weighted by Crippen LogP contribution is 2.28. The van der Waals surface area contributed by atoms with E-state index in [1.54, 1.807) is 0 Å². The van der Waals surface area contributed by atoms with Crippen LogP contribution in [0.2, 0.25) is 0 Å². The summed E-state index contributed by atoms with van der Waals surface area (Å²) in [6, 6.07) is 0. The van der Waals surface area contributed by atoms with E-state index in [2.05, 4.69) is 31.1 Å². The standard InChI is InChI=1S/C19H36N4O/c1-4-20-19(21-12-6-14-23-13-5-7-18(23)24)22(3)15-17-10-8-16(2)9-11-17/h16-17H,4-15H2,1-3H3,(H,20,21). The maximum Gasteiger partial charge on any atom is 0.222 e. The molecule has 5 heteroatoms. The molecule has 2 aliphatic rings. The highest BCUT2D eigenvalue weighted by Gasteiger charge is 2.21. The Morgan fingerprint density at radius 1 is 1.33 bits per heavy atom. The highest BCUT2D eigenvalue weighted by molar-refractivity contribution is 5.79. The van der Waals surface area contributed by atoms with Gasteiger partial charge in [0.2, 0.25) is 5.91 Å². The number of nitrogens with one attached hydrogen (secondary N) is 1. The van der Waals surface area contributed by atoms with Crippen molar-refractivity contribution in [2.45, 2.75) is 58.8 Å². The maximum absolute atomic E-state index is 11.6. The fraction of sp³-hybridized carbons (Fsp3) is 0.895. The minimum absolute atomic E-state index is 0.314. The Kier molecular flexibility index (Phi) is 7.86. The largest absolute Gasteiger partial charge is 0.357 e. The minimum atomic E-state index is 0.314. The first-order valence-corrected chi connectivity index (χ1v) is 9.87. The fourth-order valence-corrected chi connectivity index (χ4v) is 3.84. The van der Waals surface area contributed by atoms with E-state index in [9.17, 15) is 4.79 Å². The molecule has 0 unspecified atom stereocenters. The average molecular weight is 337 g/mol. The summed E-state index contributed by atoms with van der Waals surface area (Å²) in [6.45, 7) is 9.07. The van der Waals surface area contributed by atoms with Crippen molar-refractivity contribution in [3.8, 4) is 0 Å². The molecular formula is C19H36N4O. The Morgan fingerprint density at radius 2 is 2.08 bits per heavy atom. The first-order valence-electron chi connectivity index (χ1n) is 9.87. The van der Waals surface area contributed by atoms with E-state index in [0.717, 1.165) is 69.8 Å². The highest BCUT2D eigenvalue weighted by atomic mass is 16.2. The summed E-state index contributed by atoms with van der Waals surface area (Å²) in [5, 5.41) is 3.41. The van der Waals surface area contributed by atoms with Gasteiger partial charge in [0.25, 0.3) is 0 Å². The summed E-state index contributed by atoms with van der Waals surface area (Å²) < 4.78 is 0. The Labute approximate surface area is 147 Å². The second-order valence-electron chi connectivity index (χ2n) is 7.58. The van der Waals surface area contributed by atoms with Gasteiger partial charge in [0.1, 0.15) is 0 Å². The Hall–Kier alpha value is -1.26. The summed E-state index contributed by atoms with van der Waals surface area (Å²) in [6.07, 6.45) is 8.15. The monoisotopic (exact) mass is 336 g/mol. The molecule has 1 amide bonds. The van der Waals surface area contributed by atoms with Crippen molar-refractivity contribution < 1.29 is 4.79 Å². The fourth-order valence-electron chi connectivity index (χ4n) is 3.84. The maximum atomic E-state index is 11.6. The van der Waals surface area contributed by atoms with E-state index in [4.69, 9.17) is 4.99 Å². The molecule has 138 valence electrons. The van der Waals surface area contributed by atoms with Crippen molar-refractivity contribution in [3.63, 3.8) is 0 Å². The lowest BCUT2D eigenvalue weighted by Gasteiger charge is -2.31. The van der Waals surface area contributed by atoms with Gasteiger partial charge in [-0.25, -0.2) is 0 Å². The zero-order chi connectivity index (χ0) is 17.4. The SMILES string of the molecule is CCNC(=NCCCN1CCCC1=O)N(C)CC1CCC(C)CC1. The number of likely N-dealkylation sites (tertiary alicyclic amines) is 1. The molecule has 0 aromatic carbocycles. The van der Waals surface area contributed by atoms with E-state index in [0.29, 0.717) is 5.91 Å². The molecule has 5 nitrogen and oxygen atoms in total. The Bertz CT molecular complexity index is 416. The van der Waals surface area contributed by atoms with E-state index < -0.39 is 0 Å². The second kappa shape index (κ2) is 9.90. The third-order valence-electron chi connectivity index (χ3n) is 5.38. The molecule has 1 aliphatic heterocycles.